The molecule has 0 aliphatic heterocycles. The van der Waals surface area contributed by atoms with E-state index in [9.17, 15) is 29.1 Å². The highest BCUT2D eigenvalue weighted by Crippen LogP contribution is 2.23. The average molecular weight is 581 g/mol. The Morgan fingerprint density at radius 2 is 1.41 bits per heavy atom. The van der Waals surface area contributed by atoms with Crippen molar-refractivity contribution >= 4 is 34.3 Å². The summed E-state index contributed by atoms with van der Waals surface area (Å²) >= 11 is -1.87. The van der Waals surface area contributed by atoms with Gasteiger partial charge in [0.2, 0.25) is 11.1 Å². The number of anilines is 2. The maximum Gasteiger partial charge on any atom is 0.336 e. The Labute approximate surface area is 235 Å². The Kier molecular flexibility index (Phi) is 9.50. The highest BCUT2D eigenvalue weighted by atomic mass is 32.2. The van der Waals surface area contributed by atoms with Gasteiger partial charge in [0.15, 0.2) is 0 Å². The van der Waals surface area contributed by atoms with E-state index >= 15 is 0 Å². The molecule has 1 amide bonds. The Morgan fingerprint density at radius 1 is 0.756 bits per heavy atom. The predicted molar refractivity (Wildman–Crippen MR) is 147 cm³/mol. The van der Waals surface area contributed by atoms with Crippen LogP contribution in [0.2, 0.25) is 0 Å². The van der Waals surface area contributed by atoms with Crippen molar-refractivity contribution < 1.29 is 48.3 Å². The third-order valence-electron chi connectivity index (χ3n) is 5.64. The van der Waals surface area contributed by atoms with E-state index in [4.69, 9.17) is 14.3 Å². The molecule has 1 unspecified atom stereocenters. The molecule has 4 aromatic rings. The fourth-order valence-corrected chi connectivity index (χ4v) is 4.36. The number of carbonyl (C=O) groups is 2. The summed E-state index contributed by atoms with van der Waals surface area (Å²) in [6.07, 6.45) is 0. The highest BCUT2D eigenvalue weighted by Gasteiger charge is 2.18. The molecule has 0 bridgehead atoms. The molecule has 0 aliphatic carbocycles. The summed E-state index contributed by atoms with van der Waals surface area (Å²) < 4.78 is 18.2. The molecule has 4 rings (SSSR count). The van der Waals surface area contributed by atoms with E-state index in [1.807, 2.05) is 0 Å². The number of benzene rings is 4. The average Bonchev–Trinajstić information content (AvgIpc) is 2.95. The largest absolute Gasteiger partial charge is 0.508 e. The standard InChI is InChI=1S/C28H24N2O10S/c31-21-6-1-17(18(13-21)16-39-36)15-38-30-20-2-8-23(9-3-20)40-41(37)24-10-4-19(5-11-24)29-27(33)25-12-7-22(32)14-26(25)28(34)35/h1-14,30-32,36H,15-16H2,(H,29,33)(H,34,35). The third-order valence-corrected chi connectivity index (χ3v) is 6.64. The molecule has 0 spiro atoms. The summed E-state index contributed by atoms with van der Waals surface area (Å²) in [5, 5.41) is 39.6. The molecule has 0 fully saturated rings. The first-order valence-corrected chi connectivity index (χ1v) is 12.9. The highest BCUT2D eigenvalue weighted by molar-refractivity contribution is 7.80. The van der Waals surface area contributed by atoms with Gasteiger partial charge in [0.1, 0.15) is 23.9 Å². The molecule has 0 aromatic heterocycles. The van der Waals surface area contributed by atoms with Crippen molar-refractivity contribution in [1.82, 2.24) is 0 Å². The summed E-state index contributed by atoms with van der Waals surface area (Å²) in [5.74, 6) is -1.97. The minimum Gasteiger partial charge on any atom is -0.508 e. The Hall–Kier alpha value is -4.95. The summed E-state index contributed by atoms with van der Waals surface area (Å²) in [6.45, 7) is 0.00836. The molecule has 41 heavy (non-hydrogen) atoms. The minimum atomic E-state index is -1.87. The van der Waals surface area contributed by atoms with Crippen molar-refractivity contribution in [3.05, 3.63) is 107 Å². The van der Waals surface area contributed by atoms with Gasteiger partial charge in [-0.1, -0.05) is 6.07 Å². The second kappa shape index (κ2) is 13.4. The van der Waals surface area contributed by atoms with E-state index in [2.05, 4.69) is 15.7 Å². The summed E-state index contributed by atoms with van der Waals surface area (Å²) in [7, 11) is 0. The molecule has 1 atom stereocenters. The number of rotatable bonds is 12. The zero-order valence-electron chi connectivity index (χ0n) is 21.1. The number of hydrogen-bond acceptors (Lipinski definition) is 10. The van der Waals surface area contributed by atoms with Gasteiger partial charge in [-0.2, -0.15) is 0 Å². The van der Waals surface area contributed by atoms with E-state index < -0.39 is 23.0 Å². The van der Waals surface area contributed by atoms with Gasteiger partial charge in [-0.05, 0) is 90.0 Å². The quantitative estimate of drug-likeness (QED) is 0.101. The monoisotopic (exact) mass is 580 g/mol. The second-order valence-corrected chi connectivity index (χ2v) is 9.58. The first-order valence-electron chi connectivity index (χ1n) is 11.9. The third kappa shape index (κ3) is 7.80. The van der Waals surface area contributed by atoms with Crippen LogP contribution in [-0.4, -0.2) is 36.7 Å². The fraction of sp³-hybridized carbons (Fsp3) is 0.0714. The number of carboxylic acids is 1. The number of nitrogens with one attached hydrogen (secondary N) is 2. The van der Waals surface area contributed by atoms with Crippen molar-refractivity contribution in [2.45, 2.75) is 18.1 Å². The van der Waals surface area contributed by atoms with Crippen LogP contribution in [0.1, 0.15) is 31.8 Å². The van der Waals surface area contributed by atoms with Crippen molar-refractivity contribution in [2.75, 3.05) is 10.8 Å². The molecule has 0 saturated heterocycles. The Balaban J connectivity index is 1.30. The van der Waals surface area contributed by atoms with E-state index in [0.29, 0.717) is 33.1 Å². The fourth-order valence-electron chi connectivity index (χ4n) is 3.62. The summed E-state index contributed by atoms with van der Waals surface area (Å²) in [6, 6.07) is 20.4. The van der Waals surface area contributed by atoms with Gasteiger partial charge in [0.05, 0.1) is 28.3 Å². The van der Waals surface area contributed by atoms with Crippen LogP contribution in [0.5, 0.6) is 17.2 Å². The smallest absolute Gasteiger partial charge is 0.336 e. The number of amides is 1. The normalized spacial score (nSPS) is 11.4. The first kappa shape index (κ1) is 29.0. The number of hydrogen-bond donors (Lipinski definition) is 6. The number of aromatic hydroxyl groups is 2. The van der Waals surface area contributed by atoms with Crippen LogP contribution < -0.4 is 15.0 Å². The SMILES string of the molecule is O=C(O)c1cc(O)ccc1C(=O)Nc1ccc(S(=O)Oc2ccc(NOCc3ccc(O)cc3COO)cc2)cc1. The van der Waals surface area contributed by atoms with Crippen LogP contribution >= 0.6 is 0 Å². The van der Waals surface area contributed by atoms with E-state index in [1.54, 1.807) is 30.3 Å². The molecular formula is C28H24N2O10S. The molecule has 0 heterocycles. The Bertz CT molecular complexity index is 1560. The summed E-state index contributed by atoms with van der Waals surface area (Å²) in [4.78, 5) is 33.9. The topological polar surface area (TPSA) is 184 Å². The molecule has 212 valence electrons. The number of phenolic OH excluding ortho intramolecular Hbond substituents is 2. The molecule has 0 aliphatic rings. The Morgan fingerprint density at radius 3 is 2.10 bits per heavy atom. The minimum absolute atomic E-state index is 0.0335. The zero-order valence-corrected chi connectivity index (χ0v) is 22.0. The van der Waals surface area contributed by atoms with Crippen LogP contribution in [0.15, 0.2) is 89.8 Å². The molecule has 6 N–H and O–H groups in total. The molecule has 12 nitrogen and oxygen atoms in total. The molecule has 4 aromatic carbocycles. The van der Waals surface area contributed by atoms with Crippen LogP contribution in [-0.2, 0) is 34.0 Å². The van der Waals surface area contributed by atoms with Crippen molar-refractivity contribution in [3.63, 3.8) is 0 Å². The molecular weight excluding hydrogens is 556 g/mol. The van der Waals surface area contributed by atoms with Crippen LogP contribution in [0.3, 0.4) is 0 Å². The van der Waals surface area contributed by atoms with Gasteiger partial charge in [-0.3, -0.25) is 20.4 Å². The van der Waals surface area contributed by atoms with Gasteiger partial charge in [0.25, 0.3) is 5.91 Å². The maximum atomic E-state index is 12.7. The van der Waals surface area contributed by atoms with E-state index in [0.717, 1.165) is 6.07 Å². The number of aromatic carboxylic acids is 1. The van der Waals surface area contributed by atoms with Gasteiger partial charge in [-0.25, -0.2) is 13.9 Å². The zero-order chi connectivity index (χ0) is 29.4. The van der Waals surface area contributed by atoms with Gasteiger partial charge >= 0.3 is 5.97 Å². The first-order chi connectivity index (χ1) is 19.7. The molecule has 13 heteroatoms. The van der Waals surface area contributed by atoms with E-state index in [1.165, 1.54) is 48.5 Å². The van der Waals surface area contributed by atoms with Gasteiger partial charge in [-0.15, -0.1) is 0 Å². The van der Waals surface area contributed by atoms with Crippen LogP contribution in [0.4, 0.5) is 11.4 Å². The number of phenols is 2. The lowest BCUT2D eigenvalue weighted by Crippen LogP contribution is -2.16. The molecule has 0 radical (unpaired) electrons. The number of carboxylic acid groups (broad SMARTS) is 1. The lowest BCUT2D eigenvalue weighted by molar-refractivity contribution is -0.253. The van der Waals surface area contributed by atoms with Crippen LogP contribution in [0.25, 0.3) is 0 Å². The molecule has 0 saturated carbocycles. The second-order valence-electron chi connectivity index (χ2n) is 8.47. The van der Waals surface area contributed by atoms with Crippen molar-refractivity contribution in [3.8, 4) is 17.2 Å². The van der Waals surface area contributed by atoms with Gasteiger partial charge < -0.3 is 24.8 Å². The van der Waals surface area contributed by atoms with E-state index in [-0.39, 0.29) is 35.8 Å². The van der Waals surface area contributed by atoms with Gasteiger partial charge in [0, 0.05) is 5.69 Å². The predicted octanol–water partition coefficient (Wildman–Crippen LogP) is 4.68. The lowest BCUT2D eigenvalue weighted by Gasteiger charge is -2.11. The van der Waals surface area contributed by atoms with Crippen LogP contribution in [0, 0.1) is 0 Å². The van der Waals surface area contributed by atoms with Crippen molar-refractivity contribution in [2.24, 2.45) is 0 Å². The van der Waals surface area contributed by atoms with Crippen molar-refractivity contribution in [1.29, 1.82) is 0 Å². The number of carbonyl (C=O) groups excluding carboxylic acids is 1. The maximum absolute atomic E-state index is 12.7. The lowest BCUT2D eigenvalue weighted by atomic mass is 10.1. The summed E-state index contributed by atoms with van der Waals surface area (Å²) in [5.41, 5.74) is 4.45.